The number of hydrogen-bond donors (Lipinski definition) is 2. The lowest BCUT2D eigenvalue weighted by atomic mass is 10.3. The minimum Gasteiger partial charge on any atom is -0.506 e. The molecule has 0 unspecified atom stereocenters. The van der Waals surface area contributed by atoms with Crippen LogP contribution in [-0.2, 0) is 0 Å². The highest BCUT2D eigenvalue weighted by atomic mass is 16.5. The second-order valence-electron chi connectivity index (χ2n) is 3.69. The maximum Gasteiger partial charge on any atom is 0.145 e. The van der Waals surface area contributed by atoms with Crippen LogP contribution in [0.25, 0.3) is 0 Å². The number of aromatic hydroxyl groups is 1. The number of anilines is 1. The summed E-state index contributed by atoms with van der Waals surface area (Å²) in [5.41, 5.74) is 5.95. The van der Waals surface area contributed by atoms with E-state index in [-0.39, 0.29) is 5.75 Å². The molecule has 0 heterocycles. The fourth-order valence-electron chi connectivity index (χ4n) is 1.22. The van der Waals surface area contributed by atoms with Gasteiger partial charge in [0.15, 0.2) is 0 Å². The van der Waals surface area contributed by atoms with E-state index >= 15 is 0 Å². The van der Waals surface area contributed by atoms with Crippen molar-refractivity contribution in [3.05, 3.63) is 18.2 Å². The monoisotopic (exact) mass is 210 g/mol. The predicted molar refractivity (Wildman–Crippen MR) is 61.2 cm³/mol. The molecule has 0 aliphatic heterocycles. The Hall–Kier alpha value is -1.42. The standard InChI is InChI=1S/C11H18N2O2/c1-13(2)7-4-8-15-10-6-3-5-9(14)11(10)12/h3,5-6,14H,4,7-8,12H2,1-2H3. The summed E-state index contributed by atoms with van der Waals surface area (Å²) in [6.07, 6.45) is 0.933. The van der Waals surface area contributed by atoms with E-state index in [9.17, 15) is 5.11 Å². The molecule has 0 spiro atoms. The molecule has 0 aliphatic carbocycles. The Morgan fingerprint density at radius 3 is 2.80 bits per heavy atom. The second kappa shape index (κ2) is 5.46. The van der Waals surface area contributed by atoms with Crippen molar-refractivity contribution < 1.29 is 9.84 Å². The number of phenolic OH excluding ortho intramolecular Hbond substituents is 1. The molecule has 0 saturated heterocycles. The zero-order valence-corrected chi connectivity index (χ0v) is 9.23. The van der Waals surface area contributed by atoms with Crippen molar-refractivity contribution in [3.8, 4) is 11.5 Å². The van der Waals surface area contributed by atoms with Crippen molar-refractivity contribution >= 4 is 5.69 Å². The van der Waals surface area contributed by atoms with E-state index in [0.717, 1.165) is 13.0 Å². The summed E-state index contributed by atoms with van der Waals surface area (Å²) in [4.78, 5) is 2.09. The van der Waals surface area contributed by atoms with Gasteiger partial charge in [-0.2, -0.15) is 0 Å². The molecule has 0 radical (unpaired) electrons. The summed E-state index contributed by atoms with van der Waals surface area (Å²) in [6.45, 7) is 1.57. The predicted octanol–water partition coefficient (Wildman–Crippen LogP) is 1.30. The summed E-state index contributed by atoms with van der Waals surface area (Å²) in [5, 5.41) is 9.33. The Kier molecular flexibility index (Phi) is 4.24. The van der Waals surface area contributed by atoms with Crippen molar-refractivity contribution in [1.82, 2.24) is 4.90 Å². The molecule has 84 valence electrons. The quantitative estimate of drug-likeness (QED) is 0.437. The van der Waals surface area contributed by atoms with Gasteiger partial charge in [-0.1, -0.05) is 6.07 Å². The van der Waals surface area contributed by atoms with Crippen LogP contribution in [-0.4, -0.2) is 37.3 Å². The van der Waals surface area contributed by atoms with Gasteiger partial charge in [-0.3, -0.25) is 0 Å². The highest BCUT2D eigenvalue weighted by Crippen LogP contribution is 2.29. The first-order valence-corrected chi connectivity index (χ1v) is 4.96. The van der Waals surface area contributed by atoms with Gasteiger partial charge in [0, 0.05) is 6.54 Å². The molecule has 4 nitrogen and oxygen atoms in total. The van der Waals surface area contributed by atoms with Crippen molar-refractivity contribution in [3.63, 3.8) is 0 Å². The molecule has 0 atom stereocenters. The number of nitrogen functional groups attached to an aromatic ring is 1. The van der Waals surface area contributed by atoms with E-state index < -0.39 is 0 Å². The number of phenols is 1. The van der Waals surface area contributed by atoms with Gasteiger partial charge in [-0.15, -0.1) is 0 Å². The minimum absolute atomic E-state index is 0.0695. The average Bonchev–Trinajstić information content (AvgIpc) is 2.18. The summed E-state index contributed by atoms with van der Waals surface area (Å²) in [5.74, 6) is 0.619. The molecule has 15 heavy (non-hydrogen) atoms. The van der Waals surface area contributed by atoms with Crippen molar-refractivity contribution in [2.75, 3.05) is 33.0 Å². The van der Waals surface area contributed by atoms with Gasteiger partial charge in [0.1, 0.15) is 17.2 Å². The lowest BCUT2D eigenvalue weighted by molar-refractivity contribution is 0.282. The highest BCUT2D eigenvalue weighted by Gasteiger charge is 2.03. The number of para-hydroxylation sites is 1. The molecular weight excluding hydrogens is 192 g/mol. The number of benzene rings is 1. The van der Waals surface area contributed by atoms with Crippen LogP contribution in [0.3, 0.4) is 0 Å². The number of rotatable bonds is 5. The Balaban J connectivity index is 2.41. The van der Waals surface area contributed by atoms with Crippen LogP contribution in [0.15, 0.2) is 18.2 Å². The van der Waals surface area contributed by atoms with E-state index in [1.807, 2.05) is 14.1 Å². The summed E-state index contributed by atoms with van der Waals surface area (Å²) in [6, 6.07) is 5.01. The van der Waals surface area contributed by atoms with Gasteiger partial charge >= 0.3 is 0 Å². The van der Waals surface area contributed by atoms with Crippen molar-refractivity contribution in [2.45, 2.75) is 6.42 Å². The van der Waals surface area contributed by atoms with Gasteiger partial charge in [0.05, 0.1) is 6.61 Å². The first-order valence-electron chi connectivity index (χ1n) is 4.96. The maximum absolute atomic E-state index is 9.33. The molecule has 0 aliphatic rings. The van der Waals surface area contributed by atoms with E-state index in [1.165, 1.54) is 0 Å². The Bertz CT molecular complexity index is 313. The lowest BCUT2D eigenvalue weighted by Crippen LogP contribution is -2.15. The van der Waals surface area contributed by atoms with Crippen LogP contribution in [0, 0.1) is 0 Å². The van der Waals surface area contributed by atoms with E-state index in [1.54, 1.807) is 18.2 Å². The van der Waals surface area contributed by atoms with Crippen LogP contribution < -0.4 is 10.5 Å². The summed E-state index contributed by atoms with van der Waals surface area (Å²) >= 11 is 0. The molecule has 3 N–H and O–H groups in total. The number of ether oxygens (including phenoxy) is 1. The van der Waals surface area contributed by atoms with Gasteiger partial charge < -0.3 is 20.5 Å². The molecular formula is C11H18N2O2. The number of nitrogens with zero attached hydrogens (tertiary/aromatic N) is 1. The van der Waals surface area contributed by atoms with Crippen LogP contribution in [0.4, 0.5) is 5.69 Å². The zero-order valence-electron chi connectivity index (χ0n) is 9.23. The fourth-order valence-corrected chi connectivity index (χ4v) is 1.22. The fraction of sp³-hybridized carbons (Fsp3) is 0.455. The van der Waals surface area contributed by atoms with Crippen molar-refractivity contribution in [1.29, 1.82) is 0 Å². The molecule has 0 saturated carbocycles. The largest absolute Gasteiger partial charge is 0.506 e. The summed E-state index contributed by atoms with van der Waals surface area (Å²) in [7, 11) is 4.03. The zero-order chi connectivity index (χ0) is 11.3. The Morgan fingerprint density at radius 2 is 2.13 bits per heavy atom. The normalized spacial score (nSPS) is 10.6. The van der Waals surface area contributed by atoms with Crippen LogP contribution in [0.1, 0.15) is 6.42 Å². The molecule has 1 rings (SSSR count). The molecule has 0 aromatic heterocycles. The van der Waals surface area contributed by atoms with Gasteiger partial charge in [0.25, 0.3) is 0 Å². The smallest absolute Gasteiger partial charge is 0.145 e. The molecule has 1 aromatic carbocycles. The molecule has 0 fully saturated rings. The SMILES string of the molecule is CN(C)CCCOc1cccc(O)c1N. The minimum atomic E-state index is 0.0695. The highest BCUT2D eigenvalue weighted by molar-refractivity contribution is 5.61. The summed E-state index contributed by atoms with van der Waals surface area (Å²) < 4.78 is 5.46. The maximum atomic E-state index is 9.33. The van der Waals surface area contributed by atoms with Crippen LogP contribution in [0.5, 0.6) is 11.5 Å². The van der Waals surface area contributed by atoms with E-state index in [4.69, 9.17) is 10.5 Å². The first kappa shape index (κ1) is 11.7. The van der Waals surface area contributed by atoms with E-state index in [0.29, 0.717) is 18.0 Å². The Labute approximate surface area is 90.3 Å². The third-order valence-corrected chi connectivity index (χ3v) is 2.05. The lowest BCUT2D eigenvalue weighted by Gasteiger charge is -2.12. The second-order valence-corrected chi connectivity index (χ2v) is 3.69. The first-order chi connectivity index (χ1) is 7.11. The van der Waals surface area contributed by atoms with Crippen molar-refractivity contribution in [2.24, 2.45) is 0 Å². The molecule has 0 amide bonds. The van der Waals surface area contributed by atoms with E-state index in [2.05, 4.69) is 4.90 Å². The number of hydrogen-bond acceptors (Lipinski definition) is 4. The van der Waals surface area contributed by atoms with Gasteiger partial charge in [-0.25, -0.2) is 0 Å². The topological polar surface area (TPSA) is 58.7 Å². The van der Waals surface area contributed by atoms with Crippen LogP contribution in [0.2, 0.25) is 0 Å². The molecule has 0 bridgehead atoms. The third kappa shape index (κ3) is 3.67. The number of nitrogens with two attached hydrogens (primary N) is 1. The molecule has 1 aromatic rings. The average molecular weight is 210 g/mol. The third-order valence-electron chi connectivity index (χ3n) is 2.05. The molecule has 4 heteroatoms. The van der Waals surface area contributed by atoms with Gasteiger partial charge in [0.2, 0.25) is 0 Å². The van der Waals surface area contributed by atoms with Gasteiger partial charge in [-0.05, 0) is 32.6 Å². The van der Waals surface area contributed by atoms with Crippen LogP contribution >= 0.6 is 0 Å². The Morgan fingerprint density at radius 1 is 1.40 bits per heavy atom.